The van der Waals surface area contributed by atoms with Crippen molar-refractivity contribution in [3.63, 3.8) is 0 Å². The molecule has 1 aliphatic heterocycles. The van der Waals surface area contributed by atoms with E-state index < -0.39 is 6.43 Å². The summed E-state index contributed by atoms with van der Waals surface area (Å²) in [5, 5.41) is 8.07. The number of aromatic nitrogens is 4. The van der Waals surface area contributed by atoms with Crippen molar-refractivity contribution in [2.45, 2.75) is 32.1 Å². The minimum Gasteiger partial charge on any atom is -0.337 e. The maximum absolute atomic E-state index is 13.6. The van der Waals surface area contributed by atoms with Gasteiger partial charge in [0.2, 0.25) is 0 Å². The maximum atomic E-state index is 13.6. The predicted octanol–water partition coefficient (Wildman–Crippen LogP) is 3.22. The molecule has 0 unspecified atom stereocenters. The number of carbonyl (C=O) groups excluding carboxylic acids is 1. The summed E-state index contributed by atoms with van der Waals surface area (Å²) in [6.45, 7) is 2.65. The monoisotopic (exact) mass is 375 g/mol. The van der Waals surface area contributed by atoms with Crippen LogP contribution in [0.15, 0.2) is 22.9 Å². The normalized spacial score (nSPS) is 17.8. The molecule has 0 aliphatic carbocycles. The summed E-state index contributed by atoms with van der Waals surface area (Å²) in [6, 6.07) is 3.10. The van der Waals surface area contributed by atoms with Gasteiger partial charge in [-0.25, -0.2) is 13.8 Å². The molecule has 7 nitrogen and oxygen atoms in total. The lowest BCUT2D eigenvalue weighted by Gasteiger charge is -2.32. The van der Waals surface area contributed by atoms with E-state index in [2.05, 4.69) is 15.2 Å². The van der Waals surface area contributed by atoms with E-state index in [4.69, 9.17) is 4.52 Å². The van der Waals surface area contributed by atoms with Crippen LogP contribution in [0.1, 0.15) is 52.6 Å². The molecule has 1 atom stereocenters. The fourth-order valence-electron chi connectivity index (χ4n) is 3.68. The van der Waals surface area contributed by atoms with Gasteiger partial charge in [-0.3, -0.25) is 9.48 Å². The van der Waals surface area contributed by atoms with E-state index >= 15 is 0 Å². The van der Waals surface area contributed by atoms with Crippen LogP contribution < -0.4 is 0 Å². The molecular formula is C18H19F2N5O2. The summed E-state index contributed by atoms with van der Waals surface area (Å²) in [4.78, 5) is 18.9. The highest BCUT2D eigenvalue weighted by Crippen LogP contribution is 2.34. The summed E-state index contributed by atoms with van der Waals surface area (Å²) in [6.07, 6.45) is 0.463. The van der Waals surface area contributed by atoms with Crippen molar-refractivity contribution >= 4 is 17.0 Å². The number of halogens is 2. The van der Waals surface area contributed by atoms with Crippen LogP contribution in [0.3, 0.4) is 0 Å². The van der Waals surface area contributed by atoms with Gasteiger partial charge < -0.3 is 9.42 Å². The van der Waals surface area contributed by atoms with E-state index in [0.29, 0.717) is 30.2 Å². The Balaban J connectivity index is 1.65. The van der Waals surface area contributed by atoms with Crippen LogP contribution in [0.2, 0.25) is 0 Å². The number of nitrogens with zero attached hydrogens (tertiary/aromatic N) is 5. The lowest BCUT2D eigenvalue weighted by molar-refractivity contribution is 0.0694. The molecule has 3 aromatic heterocycles. The molecule has 1 fully saturated rings. The summed E-state index contributed by atoms with van der Waals surface area (Å²) in [5.74, 6) is -0.256. The molecule has 4 heterocycles. The van der Waals surface area contributed by atoms with Gasteiger partial charge in [-0.15, -0.1) is 0 Å². The molecular weight excluding hydrogens is 356 g/mol. The summed E-state index contributed by atoms with van der Waals surface area (Å²) >= 11 is 0. The van der Waals surface area contributed by atoms with E-state index in [1.165, 1.54) is 10.7 Å². The quantitative estimate of drug-likeness (QED) is 0.702. The van der Waals surface area contributed by atoms with Crippen LogP contribution in [0.5, 0.6) is 0 Å². The maximum Gasteiger partial charge on any atom is 0.272 e. The lowest BCUT2D eigenvalue weighted by Crippen LogP contribution is -2.40. The highest BCUT2D eigenvalue weighted by atomic mass is 19.3. The molecule has 142 valence electrons. The van der Waals surface area contributed by atoms with Gasteiger partial charge in [-0.2, -0.15) is 5.10 Å². The van der Waals surface area contributed by atoms with E-state index in [-0.39, 0.29) is 28.5 Å². The Bertz CT molecular complexity index is 997. The van der Waals surface area contributed by atoms with Gasteiger partial charge in [0.05, 0.1) is 11.1 Å². The lowest BCUT2D eigenvalue weighted by atomic mass is 9.92. The number of amides is 1. The van der Waals surface area contributed by atoms with Crippen LogP contribution in [-0.4, -0.2) is 43.8 Å². The molecule has 27 heavy (non-hydrogen) atoms. The number of aryl methyl sites for hydroxylation is 2. The number of rotatable bonds is 3. The number of alkyl halides is 2. The molecule has 1 saturated heterocycles. The van der Waals surface area contributed by atoms with Crippen LogP contribution in [0.25, 0.3) is 11.1 Å². The zero-order valence-corrected chi connectivity index (χ0v) is 15.0. The molecule has 0 bridgehead atoms. The van der Waals surface area contributed by atoms with Crippen molar-refractivity contribution in [2.75, 3.05) is 13.1 Å². The van der Waals surface area contributed by atoms with Crippen molar-refractivity contribution in [3.8, 4) is 0 Å². The van der Waals surface area contributed by atoms with Gasteiger partial charge in [-0.1, -0.05) is 5.16 Å². The van der Waals surface area contributed by atoms with Gasteiger partial charge in [0, 0.05) is 43.5 Å². The molecule has 1 amide bonds. The second-order valence-electron chi connectivity index (χ2n) is 6.82. The summed E-state index contributed by atoms with van der Waals surface area (Å²) in [7, 11) is 1.71. The Kier molecular flexibility index (Phi) is 4.37. The SMILES string of the molecule is Cc1noc2nc([C@@H]3CCCN(C(=O)c4ccnn4C)C3)cc(C(F)F)c12. The number of hydrogen-bond acceptors (Lipinski definition) is 5. The number of fused-ring (bicyclic) bond motifs is 1. The molecule has 0 saturated carbocycles. The van der Waals surface area contributed by atoms with Gasteiger partial charge in [-0.05, 0) is 31.9 Å². The third-order valence-corrected chi connectivity index (χ3v) is 5.07. The fourth-order valence-corrected chi connectivity index (χ4v) is 3.68. The van der Waals surface area contributed by atoms with Crippen LogP contribution in [-0.2, 0) is 7.05 Å². The van der Waals surface area contributed by atoms with E-state index in [1.54, 1.807) is 31.1 Å². The number of piperidine rings is 1. The first-order valence-corrected chi connectivity index (χ1v) is 8.78. The number of pyridine rings is 1. The molecule has 0 spiro atoms. The average Bonchev–Trinajstić information content (AvgIpc) is 3.26. The molecule has 9 heteroatoms. The van der Waals surface area contributed by atoms with Crippen LogP contribution >= 0.6 is 0 Å². The van der Waals surface area contributed by atoms with Gasteiger partial charge in [0.25, 0.3) is 18.0 Å². The number of hydrogen-bond donors (Lipinski definition) is 0. The van der Waals surface area contributed by atoms with Crippen molar-refractivity contribution in [1.82, 2.24) is 24.8 Å². The smallest absolute Gasteiger partial charge is 0.272 e. The van der Waals surface area contributed by atoms with Gasteiger partial charge in [0.15, 0.2) is 0 Å². The molecule has 0 N–H and O–H groups in total. The number of carbonyl (C=O) groups is 1. The Hall–Kier alpha value is -2.84. The van der Waals surface area contributed by atoms with Crippen molar-refractivity contribution < 1.29 is 18.1 Å². The first-order valence-electron chi connectivity index (χ1n) is 8.78. The Labute approximate surface area is 153 Å². The summed E-state index contributed by atoms with van der Waals surface area (Å²) < 4.78 is 33.8. The Morgan fingerprint density at radius 2 is 2.22 bits per heavy atom. The Morgan fingerprint density at radius 3 is 2.93 bits per heavy atom. The topological polar surface area (TPSA) is 77.1 Å². The number of likely N-dealkylation sites (tertiary alicyclic amines) is 1. The third kappa shape index (κ3) is 3.07. The van der Waals surface area contributed by atoms with Crippen molar-refractivity contribution in [3.05, 3.63) is 41.0 Å². The second kappa shape index (κ2) is 6.71. The van der Waals surface area contributed by atoms with Crippen molar-refractivity contribution in [2.24, 2.45) is 7.05 Å². The third-order valence-electron chi connectivity index (χ3n) is 5.07. The van der Waals surface area contributed by atoms with E-state index in [1.807, 2.05) is 0 Å². The first-order chi connectivity index (χ1) is 13.0. The molecule has 4 rings (SSSR count). The second-order valence-corrected chi connectivity index (χ2v) is 6.82. The molecule has 0 aromatic carbocycles. The van der Waals surface area contributed by atoms with Gasteiger partial charge in [0.1, 0.15) is 5.69 Å². The standard InChI is InChI=1S/C18H19F2N5O2/c1-10-15-12(16(19)20)8-13(22-17(15)27-23-10)11-4-3-7-25(9-11)18(26)14-5-6-21-24(14)2/h5-6,8,11,16H,3-4,7,9H2,1-2H3/t11-/m1/s1. The largest absolute Gasteiger partial charge is 0.337 e. The average molecular weight is 375 g/mol. The molecule has 1 aliphatic rings. The molecule has 0 radical (unpaired) electrons. The van der Waals surface area contributed by atoms with Crippen LogP contribution in [0.4, 0.5) is 8.78 Å². The minimum atomic E-state index is -2.65. The highest BCUT2D eigenvalue weighted by molar-refractivity contribution is 5.92. The molecule has 3 aromatic rings. The van der Waals surface area contributed by atoms with Crippen molar-refractivity contribution in [1.29, 1.82) is 0 Å². The minimum absolute atomic E-state index is 0.120. The van der Waals surface area contributed by atoms with Gasteiger partial charge >= 0.3 is 0 Å². The van der Waals surface area contributed by atoms with Crippen LogP contribution in [0, 0.1) is 6.92 Å². The zero-order valence-electron chi connectivity index (χ0n) is 15.0. The zero-order chi connectivity index (χ0) is 19.1. The highest BCUT2D eigenvalue weighted by Gasteiger charge is 2.29. The fraction of sp³-hybridized carbons (Fsp3) is 0.444. The van der Waals surface area contributed by atoms with E-state index in [9.17, 15) is 13.6 Å². The summed E-state index contributed by atoms with van der Waals surface area (Å²) in [5.41, 5.74) is 1.41. The Morgan fingerprint density at radius 1 is 1.41 bits per heavy atom. The predicted molar refractivity (Wildman–Crippen MR) is 92.6 cm³/mol. The van der Waals surface area contributed by atoms with E-state index in [0.717, 1.165) is 12.8 Å². The first kappa shape index (κ1) is 17.6.